The van der Waals surface area contributed by atoms with Crippen LogP contribution in [0.2, 0.25) is 10.0 Å². The van der Waals surface area contributed by atoms with E-state index in [0.717, 1.165) is 18.7 Å². The van der Waals surface area contributed by atoms with E-state index in [1.807, 2.05) is 12.1 Å². The SMILES string of the molecule is Cl.Fc1cccc(OC(c2ccc(Cl)c(Cl)c2)C2CNC2)c1. The maximum absolute atomic E-state index is 13.3. The van der Waals surface area contributed by atoms with E-state index in [2.05, 4.69) is 5.32 Å². The van der Waals surface area contributed by atoms with Crippen LogP contribution in [0.25, 0.3) is 0 Å². The van der Waals surface area contributed by atoms with Crippen molar-refractivity contribution in [2.75, 3.05) is 13.1 Å². The molecular formula is C16H15Cl3FNO. The third kappa shape index (κ3) is 3.85. The zero-order valence-electron chi connectivity index (χ0n) is 11.6. The van der Waals surface area contributed by atoms with Gasteiger partial charge in [0.05, 0.1) is 10.0 Å². The first-order valence-electron chi connectivity index (χ1n) is 6.71. The van der Waals surface area contributed by atoms with Crippen molar-refractivity contribution in [3.63, 3.8) is 0 Å². The van der Waals surface area contributed by atoms with Crippen LogP contribution in [-0.4, -0.2) is 13.1 Å². The Morgan fingerprint density at radius 1 is 1.09 bits per heavy atom. The molecular weight excluding hydrogens is 348 g/mol. The molecule has 0 aliphatic carbocycles. The van der Waals surface area contributed by atoms with Gasteiger partial charge >= 0.3 is 0 Å². The van der Waals surface area contributed by atoms with Gasteiger partial charge in [-0.25, -0.2) is 4.39 Å². The van der Waals surface area contributed by atoms with Crippen molar-refractivity contribution < 1.29 is 9.13 Å². The fourth-order valence-electron chi connectivity index (χ4n) is 2.34. The third-order valence-corrected chi connectivity index (χ3v) is 4.31. The minimum atomic E-state index is -0.313. The summed E-state index contributed by atoms with van der Waals surface area (Å²) in [6.45, 7) is 1.72. The van der Waals surface area contributed by atoms with Crippen molar-refractivity contribution in [2.24, 2.45) is 5.92 Å². The lowest BCUT2D eigenvalue weighted by atomic mass is 9.91. The zero-order chi connectivity index (χ0) is 14.8. The van der Waals surface area contributed by atoms with E-state index in [9.17, 15) is 4.39 Å². The lowest BCUT2D eigenvalue weighted by molar-refractivity contribution is 0.0990. The number of ether oxygens (including phenoxy) is 1. The summed E-state index contributed by atoms with van der Waals surface area (Å²) in [6, 6.07) is 11.6. The van der Waals surface area contributed by atoms with Crippen molar-refractivity contribution in [2.45, 2.75) is 6.10 Å². The minimum Gasteiger partial charge on any atom is -0.485 e. The van der Waals surface area contributed by atoms with Crippen molar-refractivity contribution in [1.29, 1.82) is 0 Å². The summed E-state index contributed by atoms with van der Waals surface area (Å²) in [5, 5.41) is 4.23. The Morgan fingerprint density at radius 3 is 2.45 bits per heavy atom. The molecule has 0 amide bonds. The largest absolute Gasteiger partial charge is 0.485 e. The van der Waals surface area contributed by atoms with Crippen LogP contribution in [0, 0.1) is 11.7 Å². The van der Waals surface area contributed by atoms with Gasteiger partial charge in [0.1, 0.15) is 17.7 Å². The van der Waals surface area contributed by atoms with E-state index in [1.54, 1.807) is 18.2 Å². The maximum Gasteiger partial charge on any atom is 0.129 e. The topological polar surface area (TPSA) is 21.3 Å². The molecule has 6 heteroatoms. The van der Waals surface area contributed by atoms with E-state index < -0.39 is 0 Å². The summed E-state index contributed by atoms with van der Waals surface area (Å²) < 4.78 is 19.3. The summed E-state index contributed by atoms with van der Waals surface area (Å²) >= 11 is 12.0. The summed E-state index contributed by atoms with van der Waals surface area (Å²) in [7, 11) is 0. The fourth-order valence-corrected chi connectivity index (χ4v) is 2.64. The van der Waals surface area contributed by atoms with Crippen LogP contribution in [0.4, 0.5) is 4.39 Å². The van der Waals surface area contributed by atoms with Gasteiger partial charge in [0.25, 0.3) is 0 Å². The molecule has 0 saturated carbocycles. The molecule has 0 radical (unpaired) electrons. The average molecular weight is 363 g/mol. The number of hydrogen-bond acceptors (Lipinski definition) is 2. The zero-order valence-corrected chi connectivity index (χ0v) is 13.9. The predicted octanol–water partition coefficient (Wildman–Crippen LogP) is 4.89. The monoisotopic (exact) mass is 361 g/mol. The number of nitrogens with one attached hydrogen (secondary N) is 1. The second-order valence-corrected chi connectivity index (χ2v) is 5.90. The van der Waals surface area contributed by atoms with E-state index in [4.69, 9.17) is 27.9 Å². The van der Waals surface area contributed by atoms with E-state index in [1.165, 1.54) is 12.1 Å². The summed E-state index contributed by atoms with van der Waals surface area (Å²) in [6.07, 6.45) is -0.178. The Hall–Kier alpha value is -1.00. The number of hydrogen-bond donors (Lipinski definition) is 1. The Balaban J connectivity index is 0.00000176. The number of halogens is 4. The molecule has 2 aromatic carbocycles. The molecule has 1 fully saturated rings. The third-order valence-electron chi connectivity index (χ3n) is 3.57. The second-order valence-electron chi connectivity index (χ2n) is 5.09. The summed E-state index contributed by atoms with van der Waals surface area (Å²) in [5.41, 5.74) is 0.945. The molecule has 1 saturated heterocycles. The first-order valence-corrected chi connectivity index (χ1v) is 7.47. The van der Waals surface area contributed by atoms with Gasteiger partial charge < -0.3 is 10.1 Å². The van der Waals surface area contributed by atoms with Gasteiger partial charge in [-0.15, -0.1) is 12.4 Å². The lowest BCUT2D eigenvalue weighted by Crippen LogP contribution is -2.46. The van der Waals surface area contributed by atoms with Crippen LogP contribution < -0.4 is 10.1 Å². The van der Waals surface area contributed by atoms with Gasteiger partial charge in [-0.2, -0.15) is 0 Å². The molecule has 2 nitrogen and oxygen atoms in total. The minimum absolute atomic E-state index is 0. The van der Waals surface area contributed by atoms with Crippen LogP contribution >= 0.6 is 35.6 Å². The molecule has 0 aromatic heterocycles. The summed E-state index contributed by atoms with van der Waals surface area (Å²) in [5.74, 6) is 0.524. The molecule has 1 unspecified atom stereocenters. The highest BCUT2D eigenvalue weighted by atomic mass is 35.5. The van der Waals surface area contributed by atoms with Gasteiger partial charge in [-0.1, -0.05) is 35.3 Å². The Labute approximate surface area is 145 Å². The molecule has 2 aromatic rings. The molecule has 0 spiro atoms. The Morgan fingerprint density at radius 2 is 1.86 bits per heavy atom. The maximum atomic E-state index is 13.3. The van der Waals surface area contributed by atoms with Crippen molar-refractivity contribution >= 4 is 35.6 Å². The van der Waals surface area contributed by atoms with E-state index in [-0.39, 0.29) is 24.3 Å². The number of rotatable bonds is 4. The van der Waals surface area contributed by atoms with E-state index >= 15 is 0 Å². The summed E-state index contributed by atoms with van der Waals surface area (Å²) in [4.78, 5) is 0. The lowest BCUT2D eigenvalue weighted by Gasteiger charge is -2.35. The molecule has 22 heavy (non-hydrogen) atoms. The van der Waals surface area contributed by atoms with Crippen LogP contribution in [0.15, 0.2) is 42.5 Å². The first kappa shape index (κ1) is 17.4. The van der Waals surface area contributed by atoms with E-state index in [0.29, 0.717) is 21.7 Å². The molecule has 1 N–H and O–H groups in total. The Kier molecular flexibility index (Phi) is 5.93. The average Bonchev–Trinajstić information content (AvgIpc) is 2.39. The highest BCUT2D eigenvalue weighted by molar-refractivity contribution is 6.42. The van der Waals surface area contributed by atoms with Gasteiger partial charge in [0.2, 0.25) is 0 Å². The quantitative estimate of drug-likeness (QED) is 0.836. The molecule has 118 valence electrons. The van der Waals surface area contributed by atoms with Crippen LogP contribution in [0.1, 0.15) is 11.7 Å². The highest BCUT2D eigenvalue weighted by Gasteiger charge is 2.30. The van der Waals surface area contributed by atoms with Gasteiger partial charge in [-0.05, 0) is 29.8 Å². The van der Waals surface area contributed by atoms with Crippen LogP contribution in [0.3, 0.4) is 0 Å². The molecule has 1 atom stereocenters. The van der Waals surface area contributed by atoms with Crippen molar-refractivity contribution in [3.05, 3.63) is 63.9 Å². The van der Waals surface area contributed by atoms with Gasteiger partial charge in [0, 0.05) is 25.1 Å². The second kappa shape index (κ2) is 7.51. The van der Waals surface area contributed by atoms with Gasteiger partial charge in [0.15, 0.2) is 0 Å². The standard InChI is InChI=1S/C16H14Cl2FNO.ClH/c17-14-5-4-10(6-15(14)18)16(11-8-20-9-11)21-13-3-1-2-12(19)7-13;/h1-7,11,16,20H,8-9H2;1H. The molecule has 1 heterocycles. The smallest absolute Gasteiger partial charge is 0.129 e. The van der Waals surface area contributed by atoms with Crippen LogP contribution in [0.5, 0.6) is 5.75 Å². The van der Waals surface area contributed by atoms with Crippen molar-refractivity contribution in [1.82, 2.24) is 5.32 Å². The van der Waals surface area contributed by atoms with Gasteiger partial charge in [-0.3, -0.25) is 0 Å². The first-order chi connectivity index (χ1) is 10.1. The van der Waals surface area contributed by atoms with Crippen molar-refractivity contribution in [3.8, 4) is 5.75 Å². The molecule has 0 bridgehead atoms. The molecule has 1 aliphatic heterocycles. The molecule has 3 rings (SSSR count). The Bertz CT molecular complexity index is 649. The predicted molar refractivity (Wildman–Crippen MR) is 89.8 cm³/mol. The molecule has 1 aliphatic rings. The number of benzene rings is 2. The highest BCUT2D eigenvalue weighted by Crippen LogP contribution is 2.34. The van der Waals surface area contributed by atoms with Crippen LogP contribution in [-0.2, 0) is 0 Å². The normalized spacial score (nSPS) is 15.6. The fraction of sp³-hybridized carbons (Fsp3) is 0.250.